The Morgan fingerprint density at radius 2 is 1.79 bits per heavy atom. The van der Waals surface area contributed by atoms with Crippen LogP contribution >= 0.6 is 11.6 Å². The third kappa shape index (κ3) is 4.43. The number of hydrogen-bond acceptors (Lipinski definition) is 2. The van der Waals surface area contributed by atoms with Crippen molar-refractivity contribution in [2.45, 2.75) is 6.61 Å². The molecule has 0 N–H and O–H groups in total. The topological polar surface area (TPSA) is 21.6 Å². The summed E-state index contributed by atoms with van der Waals surface area (Å²) in [6.07, 6.45) is 1.71. The molecule has 0 amide bonds. The predicted octanol–water partition coefficient (Wildman–Crippen LogP) is 5.81. The van der Waals surface area contributed by atoms with Crippen LogP contribution < -0.4 is 4.74 Å². The van der Waals surface area contributed by atoms with Gasteiger partial charge in [-0.15, -0.1) is 0 Å². The van der Waals surface area contributed by atoms with E-state index in [0.717, 1.165) is 16.8 Å². The summed E-state index contributed by atoms with van der Waals surface area (Å²) in [5.74, 6) is 0.362. The lowest BCUT2D eigenvalue weighted by Crippen LogP contribution is -1.99. The number of rotatable bonds is 5. The molecule has 0 saturated heterocycles. The number of ether oxygens (including phenoxy) is 1. The smallest absolute Gasteiger partial charge is 0.128 e. The van der Waals surface area contributed by atoms with Crippen molar-refractivity contribution >= 4 is 23.5 Å². The van der Waals surface area contributed by atoms with Gasteiger partial charge in [0.25, 0.3) is 0 Å². The molecule has 120 valence electrons. The van der Waals surface area contributed by atoms with Crippen molar-refractivity contribution in [2.75, 3.05) is 0 Å². The van der Waals surface area contributed by atoms with Gasteiger partial charge in [-0.25, -0.2) is 4.39 Å². The zero-order valence-corrected chi connectivity index (χ0v) is 13.6. The Labute approximate surface area is 145 Å². The number of halogens is 2. The van der Waals surface area contributed by atoms with Crippen molar-refractivity contribution in [3.63, 3.8) is 0 Å². The van der Waals surface area contributed by atoms with Crippen LogP contribution in [0.1, 0.15) is 11.1 Å². The largest absolute Gasteiger partial charge is 0.488 e. The third-order valence-electron chi connectivity index (χ3n) is 3.36. The fourth-order valence-corrected chi connectivity index (χ4v) is 2.38. The third-order valence-corrected chi connectivity index (χ3v) is 3.60. The first kappa shape index (κ1) is 16.2. The summed E-state index contributed by atoms with van der Waals surface area (Å²) in [5, 5.41) is 0.600. The zero-order chi connectivity index (χ0) is 16.8. The normalized spacial score (nSPS) is 10.9. The van der Waals surface area contributed by atoms with E-state index in [1.165, 1.54) is 12.1 Å². The number of benzene rings is 3. The molecule has 0 saturated carbocycles. The second-order valence-corrected chi connectivity index (χ2v) is 5.63. The van der Waals surface area contributed by atoms with E-state index in [4.69, 9.17) is 16.3 Å². The van der Waals surface area contributed by atoms with Gasteiger partial charge in [0.2, 0.25) is 0 Å². The number of nitrogens with zero attached hydrogens (tertiary/aromatic N) is 1. The highest BCUT2D eigenvalue weighted by Crippen LogP contribution is 2.23. The lowest BCUT2D eigenvalue weighted by atomic mass is 10.2. The summed E-state index contributed by atoms with van der Waals surface area (Å²) in [5.41, 5.74) is 2.37. The van der Waals surface area contributed by atoms with Gasteiger partial charge in [0.05, 0.1) is 5.69 Å². The minimum atomic E-state index is -0.280. The maximum Gasteiger partial charge on any atom is 0.128 e. The molecule has 0 unspecified atom stereocenters. The summed E-state index contributed by atoms with van der Waals surface area (Å²) < 4.78 is 19.0. The van der Waals surface area contributed by atoms with E-state index < -0.39 is 0 Å². The fourth-order valence-electron chi connectivity index (χ4n) is 2.20. The molecule has 0 aliphatic heterocycles. The molecule has 3 aromatic rings. The van der Waals surface area contributed by atoms with Crippen LogP contribution in [0.4, 0.5) is 10.1 Å². The minimum absolute atomic E-state index is 0.269. The molecule has 3 aromatic carbocycles. The van der Waals surface area contributed by atoms with Gasteiger partial charge in [0.15, 0.2) is 0 Å². The standard InChI is InChI=1S/C20H15ClFNO/c21-17-9-10-20(24-14-15-5-4-6-18(22)11-15)16(12-17)13-23-19-7-2-1-3-8-19/h1-13H,14H2. The van der Waals surface area contributed by atoms with Crippen molar-refractivity contribution in [1.82, 2.24) is 0 Å². The van der Waals surface area contributed by atoms with E-state index in [9.17, 15) is 4.39 Å². The lowest BCUT2D eigenvalue weighted by Gasteiger charge is -2.09. The second kappa shape index (κ2) is 7.75. The quantitative estimate of drug-likeness (QED) is 0.537. The van der Waals surface area contributed by atoms with Crippen LogP contribution in [0.5, 0.6) is 5.75 Å². The van der Waals surface area contributed by atoms with Gasteiger partial charge in [-0.3, -0.25) is 4.99 Å². The predicted molar refractivity (Wildman–Crippen MR) is 95.9 cm³/mol. The van der Waals surface area contributed by atoms with Gasteiger partial charge >= 0.3 is 0 Å². The molecular weight excluding hydrogens is 325 g/mol. The Morgan fingerprint density at radius 3 is 2.58 bits per heavy atom. The average molecular weight is 340 g/mol. The van der Waals surface area contributed by atoms with Crippen LogP contribution in [0.25, 0.3) is 0 Å². The highest BCUT2D eigenvalue weighted by atomic mass is 35.5. The summed E-state index contributed by atoms with van der Waals surface area (Å²) in [6.45, 7) is 0.269. The monoisotopic (exact) mass is 339 g/mol. The average Bonchev–Trinajstić information content (AvgIpc) is 2.60. The van der Waals surface area contributed by atoms with Gasteiger partial charge in [-0.05, 0) is 48.0 Å². The summed E-state index contributed by atoms with van der Waals surface area (Å²) >= 11 is 6.07. The highest BCUT2D eigenvalue weighted by Gasteiger charge is 2.04. The van der Waals surface area contributed by atoms with Crippen LogP contribution in [-0.4, -0.2) is 6.21 Å². The van der Waals surface area contributed by atoms with Crippen LogP contribution in [0.15, 0.2) is 77.8 Å². The molecule has 0 atom stereocenters. The molecule has 0 radical (unpaired) electrons. The molecule has 0 heterocycles. The molecule has 0 bridgehead atoms. The van der Waals surface area contributed by atoms with Crippen LogP contribution in [0, 0.1) is 5.82 Å². The molecule has 3 rings (SSSR count). The molecule has 0 aliphatic carbocycles. The van der Waals surface area contributed by atoms with Gasteiger partial charge in [-0.1, -0.05) is 41.9 Å². The summed E-state index contributed by atoms with van der Waals surface area (Å²) in [7, 11) is 0. The molecule has 0 fully saturated rings. The van der Waals surface area contributed by atoms with Crippen molar-refractivity contribution in [3.05, 3.63) is 94.8 Å². The maximum absolute atomic E-state index is 13.2. The van der Waals surface area contributed by atoms with Crippen LogP contribution in [0.2, 0.25) is 5.02 Å². The second-order valence-electron chi connectivity index (χ2n) is 5.19. The van der Waals surface area contributed by atoms with E-state index >= 15 is 0 Å². The first-order chi connectivity index (χ1) is 11.7. The molecule has 24 heavy (non-hydrogen) atoms. The van der Waals surface area contributed by atoms with Gasteiger partial charge in [0, 0.05) is 16.8 Å². The summed E-state index contributed by atoms with van der Waals surface area (Å²) in [4.78, 5) is 4.42. The fraction of sp³-hybridized carbons (Fsp3) is 0.0500. The van der Waals surface area contributed by atoms with Crippen LogP contribution in [-0.2, 0) is 6.61 Å². The Morgan fingerprint density at radius 1 is 0.958 bits per heavy atom. The Hall–Kier alpha value is -2.65. The van der Waals surface area contributed by atoms with Gasteiger partial charge < -0.3 is 4.74 Å². The van der Waals surface area contributed by atoms with Crippen molar-refractivity contribution < 1.29 is 9.13 Å². The van der Waals surface area contributed by atoms with Crippen LogP contribution in [0.3, 0.4) is 0 Å². The van der Waals surface area contributed by atoms with Gasteiger partial charge in [-0.2, -0.15) is 0 Å². The molecule has 2 nitrogen and oxygen atoms in total. The molecular formula is C20H15ClFNO. The van der Waals surface area contributed by atoms with E-state index in [-0.39, 0.29) is 12.4 Å². The number of aliphatic imine (C=N–C) groups is 1. The van der Waals surface area contributed by atoms with Crippen molar-refractivity contribution in [2.24, 2.45) is 4.99 Å². The summed E-state index contributed by atoms with van der Waals surface area (Å²) in [6, 6.07) is 21.3. The van der Waals surface area contributed by atoms with Crippen molar-refractivity contribution in [3.8, 4) is 5.75 Å². The van der Waals surface area contributed by atoms with Gasteiger partial charge in [0.1, 0.15) is 18.2 Å². The number of hydrogen-bond donors (Lipinski definition) is 0. The van der Waals surface area contributed by atoms with Crippen molar-refractivity contribution in [1.29, 1.82) is 0 Å². The first-order valence-corrected chi connectivity index (χ1v) is 7.84. The minimum Gasteiger partial charge on any atom is -0.488 e. The Balaban J connectivity index is 1.79. The van der Waals surface area contributed by atoms with E-state index in [1.807, 2.05) is 36.4 Å². The zero-order valence-electron chi connectivity index (χ0n) is 12.8. The Bertz CT molecular complexity index is 849. The van der Waals surface area contributed by atoms with E-state index in [2.05, 4.69) is 4.99 Å². The lowest BCUT2D eigenvalue weighted by molar-refractivity contribution is 0.305. The molecule has 4 heteroatoms. The van der Waals surface area contributed by atoms with E-state index in [0.29, 0.717) is 10.8 Å². The first-order valence-electron chi connectivity index (χ1n) is 7.46. The SMILES string of the molecule is Fc1cccc(COc2ccc(Cl)cc2C=Nc2ccccc2)c1. The van der Waals surface area contributed by atoms with E-state index in [1.54, 1.807) is 30.5 Å². The number of para-hydroxylation sites is 1. The highest BCUT2D eigenvalue weighted by molar-refractivity contribution is 6.30. The maximum atomic E-state index is 13.2. The molecule has 0 aromatic heterocycles. The molecule has 0 aliphatic rings. The Kier molecular flexibility index (Phi) is 5.24. The molecule has 0 spiro atoms.